The highest BCUT2D eigenvalue weighted by Gasteiger charge is 2.13. The van der Waals surface area contributed by atoms with Crippen molar-refractivity contribution in [3.8, 4) is 0 Å². The van der Waals surface area contributed by atoms with E-state index in [1.807, 2.05) is 0 Å². The molecule has 2 N–H and O–H groups in total. The van der Waals surface area contributed by atoms with Gasteiger partial charge >= 0.3 is 0 Å². The van der Waals surface area contributed by atoms with Crippen LogP contribution in [0.2, 0.25) is 0 Å². The average Bonchev–Trinajstić information content (AvgIpc) is 3.00. The second-order valence-electron chi connectivity index (χ2n) is 7.06. The normalized spacial score (nSPS) is 14.9. The minimum Gasteiger partial charge on any atom is -0.368 e. The maximum Gasteiger partial charge on any atom is 0.0917 e. The van der Waals surface area contributed by atoms with Crippen molar-refractivity contribution >= 4 is 11.6 Å². The smallest absolute Gasteiger partial charge is 0.0917 e. The Morgan fingerprint density at radius 3 is 2.25 bits per heavy atom. The van der Waals surface area contributed by atoms with E-state index in [1.54, 1.807) is 0 Å². The summed E-state index contributed by atoms with van der Waals surface area (Å²) in [6.07, 6.45) is 11.2. The van der Waals surface area contributed by atoms with Gasteiger partial charge in [0, 0.05) is 12.4 Å². The third-order valence-corrected chi connectivity index (χ3v) is 5.31. The fourth-order valence-corrected chi connectivity index (χ4v) is 3.45. The molecule has 0 radical (unpaired) electrons. The van der Waals surface area contributed by atoms with Gasteiger partial charge in [0.25, 0.3) is 0 Å². The van der Waals surface area contributed by atoms with Crippen molar-refractivity contribution < 1.29 is 4.74 Å². The fourth-order valence-electron chi connectivity index (χ4n) is 3.27. The molecule has 0 spiro atoms. The van der Waals surface area contributed by atoms with Crippen LogP contribution < -0.4 is 5.73 Å². The highest BCUT2D eigenvalue weighted by Crippen LogP contribution is 2.19. The molecule has 0 heterocycles. The maximum absolute atomic E-state index is 6.12. The molecule has 146 valence electrons. The first-order valence-corrected chi connectivity index (χ1v) is 10.4. The number of ether oxygens (including phenoxy) is 1. The van der Waals surface area contributed by atoms with E-state index < -0.39 is 0 Å². The molecule has 2 aromatic carbocycles. The number of hydrogen-bond donors (Lipinski definition) is 1. The van der Waals surface area contributed by atoms with Crippen molar-refractivity contribution in [1.29, 1.82) is 0 Å². The van der Waals surface area contributed by atoms with E-state index in [0.29, 0.717) is 19.0 Å². The lowest BCUT2D eigenvalue weighted by atomic mass is 10.0. The standard InChI is InChI=1S/C25H28ClNO/c26-17-22-7-4-8-24(16-15-22)25(18-27)28-19-23-13-11-21(12-14-23)10-9-20-5-2-1-3-6-20/h1-7,11-16,25H,8-10,17-19,27H2. The van der Waals surface area contributed by atoms with Crippen molar-refractivity contribution in [2.75, 3.05) is 12.4 Å². The SMILES string of the molecule is NCC(OCc1ccc(CCc2ccccc2)cc1)C1=CC=C(CCl)C=CC1. The quantitative estimate of drug-likeness (QED) is 0.581. The van der Waals surface area contributed by atoms with Gasteiger partial charge in [-0.05, 0) is 47.1 Å². The highest BCUT2D eigenvalue weighted by atomic mass is 35.5. The van der Waals surface area contributed by atoms with Gasteiger partial charge in [-0.25, -0.2) is 0 Å². The van der Waals surface area contributed by atoms with E-state index in [9.17, 15) is 0 Å². The Kier molecular flexibility index (Phi) is 8.10. The summed E-state index contributed by atoms with van der Waals surface area (Å²) in [7, 11) is 0. The van der Waals surface area contributed by atoms with E-state index in [4.69, 9.17) is 22.1 Å². The zero-order valence-corrected chi connectivity index (χ0v) is 16.9. The lowest BCUT2D eigenvalue weighted by Gasteiger charge is -2.18. The van der Waals surface area contributed by atoms with Gasteiger partial charge in [0.05, 0.1) is 12.7 Å². The van der Waals surface area contributed by atoms with Gasteiger partial charge in [0.15, 0.2) is 0 Å². The molecule has 0 aliphatic heterocycles. The van der Waals surface area contributed by atoms with Crippen LogP contribution >= 0.6 is 11.6 Å². The van der Waals surface area contributed by atoms with Crippen LogP contribution in [0.5, 0.6) is 0 Å². The van der Waals surface area contributed by atoms with Crippen LogP contribution in [-0.2, 0) is 24.2 Å². The van der Waals surface area contributed by atoms with Crippen LogP contribution in [0.1, 0.15) is 23.1 Å². The molecule has 2 aromatic rings. The van der Waals surface area contributed by atoms with Crippen molar-refractivity contribution in [3.05, 3.63) is 107 Å². The van der Waals surface area contributed by atoms with Crippen molar-refractivity contribution in [2.45, 2.75) is 32.0 Å². The first-order chi connectivity index (χ1) is 13.8. The Bertz CT molecular complexity index is 821. The number of allylic oxidation sites excluding steroid dienone is 5. The summed E-state index contributed by atoms with van der Waals surface area (Å²) >= 11 is 5.92. The zero-order chi connectivity index (χ0) is 19.6. The van der Waals surface area contributed by atoms with Crippen molar-refractivity contribution in [1.82, 2.24) is 0 Å². The Morgan fingerprint density at radius 1 is 0.893 bits per heavy atom. The lowest BCUT2D eigenvalue weighted by Crippen LogP contribution is -2.25. The Labute approximate surface area is 173 Å². The van der Waals surface area contributed by atoms with Crippen LogP contribution in [0.3, 0.4) is 0 Å². The van der Waals surface area contributed by atoms with E-state index in [2.05, 4.69) is 78.9 Å². The third-order valence-electron chi connectivity index (χ3n) is 5.00. The summed E-state index contributed by atoms with van der Waals surface area (Å²) in [5.41, 5.74) is 12.2. The Morgan fingerprint density at radius 2 is 1.57 bits per heavy atom. The predicted molar refractivity (Wildman–Crippen MR) is 119 cm³/mol. The predicted octanol–water partition coefficient (Wildman–Crippen LogP) is 5.37. The number of benzene rings is 2. The molecule has 28 heavy (non-hydrogen) atoms. The van der Waals surface area contributed by atoms with Gasteiger partial charge < -0.3 is 10.5 Å². The summed E-state index contributed by atoms with van der Waals surface area (Å²) in [5.74, 6) is 0.519. The molecule has 1 aliphatic carbocycles. The van der Waals surface area contributed by atoms with Crippen LogP contribution in [0, 0.1) is 0 Å². The van der Waals surface area contributed by atoms with E-state index in [0.717, 1.165) is 24.8 Å². The largest absolute Gasteiger partial charge is 0.368 e. The minimum absolute atomic E-state index is 0.0756. The van der Waals surface area contributed by atoms with Gasteiger partial charge in [-0.15, -0.1) is 11.6 Å². The molecular formula is C25H28ClNO. The molecule has 2 nitrogen and oxygen atoms in total. The summed E-state index contributed by atoms with van der Waals surface area (Å²) in [4.78, 5) is 0. The number of hydrogen-bond acceptors (Lipinski definition) is 2. The molecule has 3 heteroatoms. The first-order valence-electron chi connectivity index (χ1n) is 9.84. The molecule has 0 bridgehead atoms. The van der Waals surface area contributed by atoms with Gasteiger partial charge in [-0.3, -0.25) is 0 Å². The van der Waals surface area contributed by atoms with Crippen molar-refractivity contribution in [3.63, 3.8) is 0 Å². The number of alkyl halides is 1. The second kappa shape index (κ2) is 11.0. The first kappa shape index (κ1) is 20.6. The molecule has 1 atom stereocenters. The molecule has 0 aromatic heterocycles. The highest BCUT2D eigenvalue weighted by molar-refractivity contribution is 6.19. The van der Waals surface area contributed by atoms with E-state index in [1.165, 1.54) is 22.3 Å². The Balaban J connectivity index is 1.52. The van der Waals surface area contributed by atoms with E-state index in [-0.39, 0.29) is 6.10 Å². The second-order valence-corrected chi connectivity index (χ2v) is 7.33. The number of halogens is 1. The minimum atomic E-state index is -0.0756. The van der Waals surface area contributed by atoms with Crippen LogP contribution in [0.25, 0.3) is 0 Å². The molecule has 0 fully saturated rings. The van der Waals surface area contributed by atoms with Gasteiger partial charge in [0.2, 0.25) is 0 Å². The van der Waals surface area contributed by atoms with Gasteiger partial charge in [0.1, 0.15) is 0 Å². The van der Waals surface area contributed by atoms with Gasteiger partial charge in [-0.1, -0.05) is 78.9 Å². The van der Waals surface area contributed by atoms with E-state index >= 15 is 0 Å². The molecular weight excluding hydrogens is 366 g/mol. The average molecular weight is 394 g/mol. The summed E-state index contributed by atoms with van der Waals surface area (Å²) in [6.45, 7) is 1.03. The summed E-state index contributed by atoms with van der Waals surface area (Å²) < 4.78 is 6.12. The molecule has 1 aliphatic rings. The Hall–Kier alpha value is -2.13. The number of aryl methyl sites for hydroxylation is 2. The monoisotopic (exact) mass is 393 g/mol. The van der Waals surface area contributed by atoms with Crippen LogP contribution in [-0.4, -0.2) is 18.5 Å². The number of nitrogens with two attached hydrogens (primary N) is 1. The molecule has 0 amide bonds. The lowest BCUT2D eigenvalue weighted by molar-refractivity contribution is 0.0688. The molecule has 1 unspecified atom stereocenters. The zero-order valence-electron chi connectivity index (χ0n) is 16.2. The molecule has 0 saturated carbocycles. The number of rotatable bonds is 9. The summed E-state index contributed by atoms with van der Waals surface area (Å²) in [6, 6.07) is 19.3. The van der Waals surface area contributed by atoms with Crippen molar-refractivity contribution in [2.24, 2.45) is 5.73 Å². The van der Waals surface area contributed by atoms with Crippen LogP contribution in [0.4, 0.5) is 0 Å². The van der Waals surface area contributed by atoms with Crippen LogP contribution in [0.15, 0.2) is 90.0 Å². The van der Waals surface area contributed by atoms with Gasteiger partial charge in [-0.2, -0.15) is 0 Å². The molecule has 3 rings (SSSR count). The topological polar surface area (TPSA) is 35.2 Å². The fraction of sp³-hybridized carbons (Fsp3) is 0.280. The maximum atomic E-state index is 6.12. The third kappa shape index (κ3) is 6.20. The molecule has 0 saturated heterocycles. The summed E-state index contributed by atoms with van der Waals surface area (Å²) in [5, 5.41) is 0.